The molecular weight excluding hydrogens is 162 g/mol. The van der Waals surface area contributed by atoms with Gasteiger partial charge in [0.15, 0.2) is 0 Å². The van der Waals surface area contributed by atoms with Gasteiger partial charge in [0.1, 0.15) is 12.4 Å². The van der Waals surface area contributed by atoms with Crippen LogP contribution in [0.5, 0.6) is 5.75 Å². The molecule has 0 saturated carbocycles. The zero-order chi connectivity index (χ0) is 9.68. The van der Waals surface area contributed by atoms with Gasteiger partial charge in [-0.1, -0.05) is 18.9 Å². The lowest BCUT2D eigenvalue weighted by Crippen LogP contribution is -1.98. The van der Waals surface area contributed by atoms with Crippen LogP contribution in [0.4, 0.5) is 5.69 Å². The van der Waals surface area contributed by atoms with Gasteiger partial charge < -0.3 is 10.5 Å². The number of nitrogen functional groups attached to an aromatic ring is 1. The van der Waals surface area contributed by atoms with Crippen LogP contribution in [0, 0.1) is 12.3 Å². The number of aryl methyl sites for hydroxylation is 1. The standard InChI is InChI=1S/C11H13NO/c1-3-7-13-11-6-5-9(4-2)8-10(11)12/h1,5-6,8H,4,7,12H2,2H3. The fourth-order valence-corrected chi connectivity index (χ4v) is 1.07. The van der Waals surface area contributed by atoms with Gasteiger partial charge in [0.05, 0.1) is 5.69 Å². The van der Waals surface area contributed by atoms with Gasteiger partial charge in [-0.05, 0) is 24.1 Å². The summed E-state index contributed by atoms with van der Waals surface area (Å²) in [6.45, 7) is 2.34. The molecule has 0 aliphatic rings. The molecule has 2 nitrogen and oxygen atoms in total. The third-order valence-corrected chi connectivity index (χ3v) is 1.79. The Morgan fingerprint density at radius 1 is 1.54 bits per heavy atom. The van der Waals surface area contributed by atoms with Crippen molar-refractivity contribution in [1.29, 1.82) is 0 Å². The van der Waals surface area contributed by atoms with Crippen molar-refractivity contribution >= 4 is 5.69 Å². The summed E-state index contributed by atoms with van der Waals surface area (Å²) in [5.74, 6) is 3.06. The van der Waals surface area contributed by atoms with E-state index in [9.17, 15) is 0 Å². The molecule has 1 rings (SSSR count). The van der Waals surface area contributed by atoms with Crippen LogP contribution in [0.15, 0.2) is 18.2 Å². The zero-order valence-corrected chi connectivity index (χ0v) is 7.71. The van der Waals surface area contributed by atoms with E-state index >= 15 is 0 Å². The molecule has 0 heterocycles. The van der Waals surface area contributed by atoms with Crippen molar-refractivity contribution in [2.24, 2.45) is 0 Å². The Labute approximate surface area is 78.7 Å². The Hall–Kier alpha value is -1.62. The molecule has 0 spiro atoms. The lowest BCUT2D eigenvalue weighted by atomic mass is 10.1. The summed E-state index contributed by atoms with van der Waals surface area (Å²) < 4.78 is 5.22. The maximum Gasteiger partial charge on any atom is 0.148 e. The second-order valence-corrected chi connectivity index (χ2v) is 2.72. The number of benzene rings is 1. The number of rotatable bonds is 3. The number of hydrogen-bond acceptors (Lipinski definition) is 2. The summed E-state index contributed by atoms with van der Waals surface area (Å²) in [5, 5.41) is 0. The molecule has 2 N–H and O–H groups in total. The summed E-state index contributed by atoms with van der Waals surface area (Å²) in [5.41, 5.74) is 7.59. The summed E-state index contributed by atoms with van der Waals surface area (Å²) in [6, 6.07) is 5.75. The van der Waals surface area contributed by atoms with Crippen molar-refractivity contribution in [2.75, 3.05) is 12.3 Å². The molecule has 13 heavy (non-hydrogen) atoms. The highest BCUT2D eigenvalue weighted by Gasteiger charge is 1.99. The summed E-state index contributed by atoms with van der Waals surface area (Å²) in [4.78, 5) is 0. The van der Waals surface area contributed by atoms with Gasteiger partial charge in [-0.15, -0.1) is 6.42 Å². The molecule has 0 radical (unpaired) electrons. The Balaban J connectivity index is 2.80. The summed E-state index contributed by atoms with van der Waals surface area (Å²) in [6.07, 6.45) is 6.04. The van der Waals surface area contributed by atoms with Crippen molar-refractivity contribution in [3.8, 4) is 18.1 Å². The van der Waals surface area contributed by atoms with Gasteiger partial charge in [0.2, 0.25) is 0 Å². The number of terminal acetylenes is 1. The molecule has 0 atom stereocenters. The van der Waals surface area contributed by atoms with Gasteiger partial charge in [-0.3, -0.25) is 0 Å². The smallest absolute Gasteiger partial charge is 0.148 e. The molecule has 1 aromatic carbocycles. The first kappa shape index (κ1) is 9.47. The van der Waals surface area contributed by atoms with Gasteiger partial charge in [-0.25, -0.2) is 0 Å². The molecule has 0 aromatic heterocycles. The molecule has 0 bridgehead atoms. The molecule has 0 fully saturated rings. The monoisotopic (exact) mass is 175 g/mol. The number of anilines is 1. The van der Waals surface area contributed by atoms with Crippen LogP contribution in [0.25, 0.3) is 0 Å². The molecule has 0 unspecified atom stereocenters. The molecule has 1 aromatic rings. The van der Waals surface area contributed by atoms with E-state index in [2.05, 4.69) is 12.8 Å². The van der Waals surface area contributed by atoms with E-state index in [0.717, 1.165) is 6.42 Å². The minimum atomic E-state index is 0.260. The molecule has 0 saturated heterocycles. The summed E-state index contributed by atoms with van der Waals surface area (Å²) in [7, 11) is 0. The van der Waals surface area contributed by atoms with Crippen LogP contribution >= 0.6 is 0 Å². The van der Waals surface area contributed by atoms with E-state index in [1.165, 1.54) is 5.56 Å². The fraction of sp³-hybridized carbons (Fsp3) is 0.273. The van der Waals surface area contributed by atoms with E-state index in [4.69, 9.17) is 16.9 Å². The Bertz CT molecular complexity index is 325. The minimum Gasteiger partial charge on any atom is -0.479 e. The average Bonchev–Trinajstić information content (AvgIpc) is 2.16. The Morgan fingerprint density at radius 2 is 2.31 bits per heavy atom. The topological polar surface area (TPSA) is 35.2 Å². The highest BCUT2D eigenvalue weighted by molar-refractivity contribution is 5.54. The number of hydrogen-bond donors (Lipinski definition) is 1. The predicted molar refractivity (Wildman–Crippen MR) is 54.6 cm³/mol. The lowest BCUT2D eigenvalue weighted by molar-refractivity contribution is 0.372. The third kappa shape index (κ3) is 2.41. The number of nitrogens with two attached hydrogens (primary N) is 1. The first-order valence-corrected chi connectivity index (χ1v) is 4.22. The quantitative estimate of drug-likeness (QED) is 0.562. The average molecular weight is 175 g/mol. The maximum atomic E-state index is 5.74. The van der Waals surface area contributed by atoms with Crippen LogP contribution in [0.1, 0.15) is 12.5 Å². The minimum absolute atomic E-state index is 0.260. The van der Waals surface area contributed by atoms with E-state index in [1.807, 2.05) is 18.2 Å². The van der Waals surface area contributed by atoms with E-state index in [-0.39, 0.29) is 6.61 Å². The predicted octanol–water partition coefficient (Wildman–Crippen LogP) is 1.84. The second kappa shape index (κ2) is 4.42. The lowest BCUT2D eigenvalue weighted by Gasteiger charge is -2.06. The van der Waals surface area contributed by atoms with Crippen LogP contribution in [-0.4, -0.2) is 6.61 Å². The molecule has 68 valence electrons. The first-order valence-electron chi connectivity index (χ1n) is 4.22. The van der Waals surface area contributed by atoms with Crippen molar-refractivity contribution in [2.45, 2.75) is 13.3 Å². The SMILES string of the molecule is C#CCOc1ccc(CC)cc1N. The van der Waals surface area contributed by atoms with Gasteiger partial charge in [0, 0.05) is 0 Å². The van der Waals surface area contributed by atoms with Gasteiger partial charge in [-0.2, -0.15) is 0 Å². The van der Waals surface area contributed by atoms with Crippen molar-refractivity contribution < 1.29 is 4.74 Å². The molecule has 2 heteroatoms. The van der Waals surface area contributed by atoms with Crippen molar-refractivity contribution in [3.63, 3.8) is 0 Å². The zero-order valence-electron chi connectivity index (χ0n) is 7.71. The van der Waals surface area contributed by atoms with Gasteiger partial charge in [0.25, 0.3) is 0 Å². The maximum absolute atomic E-state index is 5.74. The molecule has 0 aliphatic carbocycles. The van der Waals surface area contributed by atoms with Crippen LogP contribution < -0.4 is 10.5 Å². The number of ether oxygens (including phenoxy) is 1. The Morgan fingerprint density at radius 3 is 2.85 bits per heavy atom. The van der Waals surface area contributed by atoms with Crippen LogP contribution in [0.2, 0.25) is 0 Å². The molecule has 0 amide bonds. The van der Waals surface area contributed by atoms with Crippen LogP contribution in [0.3, 0.4) is 0 Å². The fourth-order valence-electron chi connectivity index (χ4n) is 1.07. The van der Waals surface area contributed by atoms with Crippen molar-refractivity contribution in [1.82, 2.24) is 0 Å². The van der Waals surface area contributed by atoms with E-state index in [0.29, 0.717) is 11.4 Å². The largest absolute Gasteiger partial charge is 0.479 e. The summed E-state index contributed by atoms with van der Waals surface area (Å²) >= 11 is 0. The third-order valence-electron chi connectivity index (χ3n) is 1.79. The van der Waals surface area contributed by atoms with Crippen molar-refractivity contribution in [3.05, 3.63) is 23.8 Å². The van der Waals surface area contributed by atoms with Gasteiger partial charge >= 0.3 is 0 Å². The van der Waals surface area contributed by atoms with Crippen LogP contribution in [-0.2, 0) is 6.42 Å². The normalized spacial score (nSPS) is 9.23. The second-order valence-electron chi connectivity index (χ2n) is 2.72. The molecule has 0 aliphatic heterocycles. The van der Waals surface area contributed by atoms with E-state index in [1.54, 1.807) is 0 Å². The first-order chi connectivity index (χ1) is 6.27. The molecular formula is C11H13NO. The highest BCUT2D eigenvalue weighted by atomic mass is 16.5. The Kier molecular flexibility index (Phi) is 3.22. The van der Waals surface area contributed by atoms with E-state index < -0.39 is 0 Å². The highest BCUT2D eigenvalue weighted by Crippen LogP contribution is 2.22.